The number of hydrogen-bond donors (Lipinski definition) is 1. The van der Waals surface area contributed by atoms with Crippen LogP contribution >= 0.6 is 11.8 Å². The van der Waals surface area contributed by atoms with Crippen molar-refractivity contribution in [3.8, 4) is 0 Å². The predicted octanol–water partition coefficient (Wildman–Crippen LogP) is 2.68. The lowest BCUT2D eigenvalue weighted by Crippen LogP contribution is -2.30. The zero-order valence-corrected chi connectivity index (χ0v) is 9.12. The second-order valence-electron chi connectivity index (χ2n) is 2.93. The molecule has 0 aliphatic carbocycles. The molecule has 1 N–H and O–H groups in total. The minimum Gasteiger partial charge on any atom is -0.313 e. The zero-order chi connectivity index (χ0) is 9.23. The first-order chi connectivity index (χ1) is 5.85. The fourth-order valence-electron chi connectivity index (χ4n) is 1.24. The van der Waals surface area contributed by atoms with E-state index in [1.807, 2.05) is 17.8 Å². The Bertz CT molecular complexity index is 98.0. The molecule has 0 rings (SSSR count). The van der Waals surface area contributed by atoms with Crippen molar-refractivity contribution in [1.82, 2.24) is 5.32 Å². The second-order valence-corrected chi connectivity index (χ2v) is 3.84. The van der Waals surface area contributed by atoms with Crippen LogP contribution in [-0.2, 0) is 0 Å². The summed E-state index contributed by atoms with van der Waals surface area (Å²) in [7, 11) is 0. The van der Waals surface area contributed by atoms with Crippen molar-refractivity contribution in [2.45, 2.75) is 32.2 Å². The summed E-state index contributed by atoms with van der Waals surface area (Å²) in [5.41, 5.74) is 0. The molecule has 0 saturated heterocycles. The molecule has 0 aromatic heterocycles. The van der Waals surface area contributed by atoms with E-state index in [9.17, 15) is 0 Å². The first kappa shape index (κ1) is 12.0. The van der Waals surface area contributed by atoms with Gasteiger partial charge in [-0.25, -0.2) is 0 Å². The highest BCUT2D eigenvalue weighted by Crippen LogP contribution is 2.06. The van der Waals surface area contributed by atoms with Crippen LogP contribution in [0.2, 0.25) is 0 Å². The molecule has 0 aromatic rings. The molecular formula is C10H21NS. The van der Waals surface area contributed by atoms with Crippen LogP contribution in [0.1, 0.15) is 26.2 Å². The van der Waals surface area contributed by atoms with Crippen LogP contribution in [0, 0.1) is 0 Å². The third-order valence-corrected chi connectivity index (χ3v) is 2.56. The lowest BCUT2D eigenvalue weighted by Gasteiger charge is -2.15. The van der Waals surface area contributed by atoms with Gasteiger partial charge in [-0.15, -0.1) is 6.58 Å². The molecule has 0 fully saturated rings. The number of hydrogen-bond acceptors (Lipinski definition) is 2. The first-order valence-electron chi connectivity index (χ1n) is 4.68. The summed E-state index contributed by atoms with van der Waals surface area (Å²) in [6.45, 7) is 6.97. The number of rotatable bonds is 8. The molecule has 1 nitrogen and oxygen atoms in total. The van der Waals surface area contributed by atoms with E-state index in [-0.39, 0.29) is 0 Å². The van der Waals surface area contributed by atoms with Gasteiger partial charge in [-0.05, 0) is 32.1 Å². The van der Waals surface area contributed by atoms with Crippen LogP contribution in [0.15, 0.2) is 12.7 Å². The molecule has 0 spiro atoms. The van der Waals surface area contributed by atoms with E-state index in [1.54, 1.807) is 0 Å². The van der Waals surface area contributed by atoms with Gasteiger partial charge >= 0.3 is 0 Å². The van der Waals surface area contributed by atoms with E-state index >= 15 is 0 Å². The van der Waals surface area contributed by atoms with Gasteiger partial charge in [0.1, 0.15) is 0 Å². The summed E-state index contributed by atoms with van der Waals surface area (Å²) in [5, 5.41) is 3.49. The molecule has 2 heteroatoms. The van der Waals surface area contributed by atoms with E-state index in [0.717, 1.165) is 13.0 Å². The van der Waals surface area contributed by atoms with Crippen LogP contribution in [-0.4, -0.2) is 24.6 Å². The second kappa shape index (κ2) is 9.14. The highest BCUT2D eigenvalue weighted by Gasteiger charge is 2.04. The van der Waals surface area contributed by atoms with Crippen molar-refractivity contribution in [1.29, 1.82) is 0 Å². The Kier molecular flexibility index (Phi) is 9.18. The Labute approximate surface area is 81.0 Å². The molecule has 0 heterocycles. The van der Waals surface area contributed by atoms with Gasteiger partial charge in [-0.1, -0.05) is 13.0 Å². The van der Waals surface area contributed by atoms with Crippen molar-refractivity contribution in [3.63, 3.8) is 0 Å². The standard InChI is InChI=1S/C10H21NS/c1-4-6-7-8-10(9-12-3)11-5-2/h4,10-11H,1,5-9H2,2-3H3. The minimum absolute atomic E-state index is 0.699. The highest BCUT2D eigenvalue weighted by atomic mass is 32.2. The Hall–Kier alpha value is 0.0500. The average Bonchev–Trinajstić information content (AvgIpc) is 2.06. The van der Waals surface area contributed by atoms with E-state index in [1.165, 1.54) is 18.6 Å². The van der Waals surface area contributed by atoms with Gasteiger partial charge in [-0.3, -0.25) is 0 Å². The average molecular weight is 187 g/mol. The van der Waals surface area contributed by atoms with Gasteiger partial charge in [0, 0.05) is 11.8 Å². The molecule has 0 aliphatic rings. The highest BCUT2D eigenvalue weighted by molar-refractivity contribution is 7.98. The van der Waals surface area contributed by atoms with Crippen LogP contribution < -0.4 is 5.32 Å². The number of thioether (sulfide) groups is 1. The summed E-state index contributed by atoms with van der Waals surface area (Å²) in [6.07, 6.45) is 7.86. The van der Waals surface area contributed by atoms with Crippen LogP contribution in [0.3, 0.4) is 0 Å². The largest absolute Gasteiger partial charge is 0.313 e. The molecule has 0 bridgehead atoms. The van der Waals surface area contributed by atoms with E-state index in [0.29, 0.717) is 6.04 Å². The maximum atomic E-state index is 3.72. The number of allylic oxidation sites excluding steroid dienone is 1. The third kappa shape index (κ3) is 6.74. The molecule has 0 aliphatic heterocycles. The SMILES string of the molecule is C=CCCCC(CSC)NCC. The summed E-state index contributed by atoms with van der Waals surface area (Å²) in [5.74, 6) is 1.23. The van der Waals surface area contributed by atoms with Crippen molar-refractivity contribution in [2.75, 3.05) is 18.6 Å². The molecule has 0 radical (unpaired) electrons. The smallest absolute Gasteiger partial charge is 0.0158 e. The summed E-state index contributed by atoms with van der Waals surface area (Å²) >= 11 is 1.92. The zero-order valence-electron chi connectivity index (χ0n) is 8.31. The normalized spacial score (nSPS) is 12.8. The molecule has 12 heavy (non-hydrogen) atoms. The molecule has 1 atom stereocenters. The molecular weight excluding hydrogens is 166 g/mol. The maximum Gasteiger partial charge on any atom is 0.0158 e. The molecule has 0 aromatic carbocycles. The quantitative estimate of drug-likeness (QED) is 0.463. The van der Waals surface area contributed by atoms with Crippen molar-refractivity contribution < 1.29 is 0 Å². The maximum absolute atomic E-state index is 3.72. The fraction of sp³-hybridized carbons (Fsp3) is 0.800. The Morgan fingerprint density at radius 2 is 2.33 bits per heavy atom. The molecule has 0 amide bonds. The van der Waals surface area contributed by atoms with Crippen molar-refractivity contribution in [3.05, 3.63) is 12.7 Å². The summed E-state index contributed by atoms with van der Waals surface area (Å²) in [6, 6.07) is 0.699. The van der Waals surface area contributed by atoms with E-state index in [2.05, 4.69) is 25.1 Å². The Morgan fingerprint density at radius 1 is 1.58 bits per heavy atom. The van der Waals surface area contributed by atoms with E-state index < -0.39 is 0 Å². The van der Waals surface area contributed by atoms with E-state index in [4.69, 9.17) is 0 Å². The minimum atomic E-state index is 0.699. The van der Waals surface area contributed by atoms with Gasteiger partial charge in [0.05, 0.1) is 0 Å². The van der Waals surface area contributed by atoms with Crippen LogP contribution in [0.5, 0.6) is 0 Å². The molecule has 1 unspecified atom stereocenters. The molecule has 0 saturated carbocycles. The van der Waals surface area contributed by atoms with Crippen LogP contribution in [0.4, 0.5) is 0 Å². The first-order valence-corrected chi connectivity index (χ1v) is 6.07. The van der Waals surface area contributed by atoms with Gasteiger partial charge in [-0.2, -0.15) is 11.8 Å². The summed E-state index contributed by atoms with van der Waals surface area (Å²) in [4.78, 5) is 0. The lowest BCUT2D eigenvalue weighted by molar-refractivity contribution is 0.522. The summed E-state index contributed by atoms with van der Waals surface area (Å²) < 4.78 is 0. The van der Waals surface area contributed by atoms with Gasteiger partial charge < -0.3 is 5.32 Å². The monoisotopic (exact) mass is 187 g/mol. The lowest BCUT2D eigenvalue weighted by atomic mass is 10.1. The van der Waals surface area contributed by atoms with Gasteiger partial charge in [0.2, 0.25) is 0 Å². The third-order valence-electron chi connectivity index (χ3n) is 1.82. The number of unbranched alkanes of at least 4 members (excludes halogenated alkanes) is 1. The Balaban J connectivity index is 3.40. The van der Waals surface area contributed by atoms with Gasteiger partial charge in [0.25, 0.3) is 0 Å². The molecule has 72 valence electrons. The predicted molar refractivity (Wildman–Crippen MR) is 59.9 cm³/mol. The fourth-order valence-corrected chi connectivity index (χ4v) is 1.93. The number of nitrogens with one attached hydrogen (secondary N) is 1. The van der Waals surface area contributed by atoms with Crippen molar-refractivity contribution in [2.24, 2.45) is 0 Å². The topological polar surface area (TPSA) is 12.0 Å². The Morgan fingerprint density at radius 3 is 2.83 bits per heavy atom. The van der Waals surface area contributed by atoms with Crippen LogP contribution in [0.25, 0.3) is 0 Å². The van der Waals surface area contributed by atoms with Gasteiger partial charge in [0.15, 0.2) is 0 Å². The van der Waals surface area contributed by atoms with Crippen molar-refractivity contribution >= 4 is 11.8 Å².